The Balaban J connectivity index is 1.97. The zero-order chi connectivity index (χ0) is 20.5. The topological polar surface area (TPSA) is 54.8 Å². The van der Waals surface area contributed by atoms with Crippen molar-refractivity contribution in [2.75, 3.05) is 26.8 Å². The summed E-state index contributed by atoms with van der Waals surface area (Å²) >= 11 is 0. The third-order valence-electron chi connectivity index (χ3n) is 5.81. The van der Waals surface area contributed by atoms with E-state index in [4.69, 9.17) is 4.74 Å². The largest absolute Gasteiger partial charge is 0.383 e. The van der Waals surface area contributed by atoms with Gasteiger partial charge in [-0.2, -0.15) is 0 Å². The van der Waals surface area contributed by atoms with Crippen molar-refractivity contribution in [1.29, 1.82) is 0 Å². The molecule has 0 N–H and O–H groups in total. The molecule has 28 heavy (non-hydrogen) atoms. The van der Waals surface area contributed by atoms with Crippen molar-refractivity contribution in [3.8, 4) is 0 Å². The summed E-state index contributed by atoms with van der Waals surface area (Å²) in [6, 6.07) is 4.00. The van der Waals surface area contributed by atoms with Gasteiger partial charge < -0.3 is 19.1 Å². The first-order valence-corrected chi connectivity index (χ1v) is 10.6. The van der Waals surface area contributed by atoms with Gasteiger partial charge in [-0.3, -0.25) is 9.59 Å². The zero-order valence-electron chi connectivity index (χ0n) is 18.0. The van der Waals surface area contributed by atoms with Crippen LogP contribution in [0.3, 0.4) is 0 Å². The van der Waals surface area contributed by atoms with Gasteiger partial charge in [-0.15, -0.1) is 0 Å². The fraction of sp³-hybridized carbons (Fsp3) is 0.727. The van der Waals surface area contributed by atoms with Crippen molar-refractivity contribution in [2.45, 2.75) is 65.0 Å². The van der Waals surface area contributed by atoms with Crippen LogP contribution < -0.4 is 0 Å². The lowest BCUT2D eigenvalue weighted by atomic mass is 10.0. The minimum Gasteiger partial charge on any atom is -0.383 e. The Bertz CT molecular complexity index is 620. The molecular formula is C22H37N3O3. The minimum absolute atomic E-state index is 0.0133. The minimum atomic E-state index is -0.0267. The molecule has 6 nitrogen and oxygen atoms in total. The highest BCUT2D eigenvalue weighted by Crippen LogP contribution is 2.28. The summed E-state index contributed by atoms with van der Waals surface area (Å²) in [7, 11) is 3.61. The third kappa shape index (κ3) is 6.66. The van der Waals surface area contributed by atoms with Gasteiger partial charge in [-0.25, -0.2) is 0 Å². The zero-order valence-corrected chi connectivity index (χ0v) is 18.0. The number of amides is 2. The van der Waals surface area contributed by atoms with Crippen LogP contribution >= 0.6 is 0 Å². The Morgan fingerprint density at radius 3 is 2.54 bits per heavy atom. The highest BCUT2D eigenvalue weighted by molar-refractivity contribution is 5.85. The second-order valence-electron chi connectivity index (χ2n) is 8.22. The number of hydrogen-bond acceptors (Lipinski definition) is 3. The van der Waals surface area contributed by atoms with Gasteiger partial charge >= 0.3 is 0 Å². The first-order chi connectivity index (χ1) is 13.4. The van der Waals surface area contributed by atoms with Crippen molar-refractivity contribution in [2.24, 2.45) is 13.0 Å². The van der Waals surface area contributed by atoms with Crippen molar-refractivity contribution < 1.29 is 14.3 Å². The summed E-state index contributed by atoms with van der Waals surface area (Å²) in [5.41, 5.74) is 1.06. The molecule has 1 aliphatic carbocycles. The number of hydrogen-bond donors (Lipinski definition) is 0. The van der Waals surface area contributed by atoms with E-state index in [-0.39, 0.29) is 24.4 Å². The maximum Gasteiger partial charge on any atom is 0.242 e. The van der Waals surface area contributed by atoms with Crippen LogP contribution in [0.4, 0.5) is 0 Å². The standard InChI is InChI=1S/C22H37N3O3/c1-18(2)25(21(26)12-11-19-8-5-6-9-19)17-22(27)24(14-15-28-4)16-20-10-7-13-23(20)3/h7,10,13,18-19H,5-6,8-9,11-12,14-17H2,1-4H3. The highest BCUT2D eigenvalue weighted by Gasteiger charge is 2.25. The van der Waals surface area contributed by atoms with E-state index < -0.39 is 0 Å². The van der Waals surface area contributed by atoms with E-state index in [0.29, 0.717) is 32.0 Å². The SMILES string of the molecule is COCCN(Cc1cccn1C)C(=O)CN(C(=O)CCC1CCCC1)C(C)C. The molecule has 1 heterocycles. The van der Waals surface area contributed by atoms with E-state index >= 15 is 0 Å². The second kappa shape index (κ2) is 11.2. The lowest BCUT2D eigenvalue weighted by molar-refractivity contribution is -0.142. The molecule has 0 spiro atoms. The summed E-state index contributed by atoms with van der Waals surface area (Å²) in [6.45, 7) is 5.62. The van der Waals surface area contributed by atoms with Crippen LogP contribution in [0, 0.1) is 5.92 Å². The Labute approximate surface area is 169 Å². The Morgan fingerprint density at radius 1 is 1.25 bits per heavy atom. The number of carbonyl (C=O) groups is 2. The summed E-state index contributed by atoms with van der Waals surface area (Å²) in [4.78, 5) is 29.4. The highest BCUT2D eigenvalue weighted by atomic mass is 16.5. The molecule has 0 radical (unpaired) electrons. The van der Waals surface area contributed by atoms with Gasteiger partial charge in [0.2, 0.25) is 11.8 Å². The van der Waals surface area contributed by atoms with Gasteiger partial charge in [0.15, 0.2) is 0 Å². The number of nitrogens with zero attached hydrogens (tertiary/aromatic N) is 3. The number of aryl methyl sites for hydroxylation is 1. The summed E-state index contributed by atoms with van der Waals surface area (Å²) < 4.78 is 7.20. The van der Waals surface area contributed by atoms with E-state index in [1.54, 1.807) is 16.9 Å². The molecule has 0 saturated heterocycles. The molecule has 0 aromatic carbocycles. The molecule has 2 rings (SSSR count). The van der Waals surface area contributed by atoms with Crippen LogP contribution in [0.5, 0.6) is 0 Å². The Hall–Kier alpha value is -1.82. The van der Waals surface area contributed by atoms with Crippen molar-refractivity contribution >= 4 is 11.8 Å². The Morgan fingerprint density at radius 2 is 1.96 bits per heavy atom. The molecular weight excluding hydrogens is 354 g/mol. The maximum absolute atomic E-state index is 13.0. The fourth-order valence-electron chi connectivity index (χ4n) is 3.92. The first-order valence-electron chi connectivity index (χ1n) is 10.6. The van der Waals surface area contributed by atoms with Crippen LogP contribution in [0.1, 0.15) is 58.1 Å². The number of rotatable bonds is 11. The molecule has 2 amide bonds. The fourth-order valence-corrected chi connectivity index (χ4v) is 3.92. The van der Waals surface area contributed by atoms with Crippen LogP contribution in [0.2, 0.25) is 0 Å². The van der Waals surface area contributed by atoms with E-state index in [1.807, 2.05) is 43.8 Å². The van der Waals surface area contributed by atoms with Crippen molar-refractivity contribution in [3.63, 3.8) is 0 Å². The quantitative estimate of drug-likeness (QED) is 0.582. The molecule has 158 valence electrons. The normalized spacial score (nSPS) is 14.6. The molecule has 1 aromatic rings. The molecule has 0 unspecified atom stereocenters. The van der Waals surface area contributed by atoms with E-state index in [2.05, 4.69) is 0 Å². The van der Waals surface area contributed by atoms with Gasteiger partial charge in [0.25, 0.3) is 0 Å². The molecule has 1 saturated carbocycles. The van der Waals surface area contributed by atoms with Crippen LogP contribution in [0.15, 0.2) is 18.3 Å². The van der Waals surface area contributed by atoms with Gasteiger partial charge in [0.05, 0.1) is 19.7 Å². The second-order valence-corrected chi connectivity index (χ2v) is 8.22. The third-order valence-corrected chi connectivity index (χ3v) is 5.81. The predicted octanol–water partition coefficient (Wildman–Crippen LogP) is 3.21. The van der Waals surface area contributed by atoms with E-state index in [0.717, 1.165) is 12.1 Å². The van der Waals surface area contributed by atoms with Crippen molar-refractivity contribution in [1.82, 2.24) is 14.4 Å². The molecule has 0 bridgehead atoms. The predicted molar refractivity (Wildman–Crippen MR) is 111 cm³/mol. The van der Waals surface area contributed by atoms with Crippen LogP contribution in [-0.4, -0.2) is 59.0 Å². The molecule has 6 heteroatoms. The average molecular weight is 392 g/mol. The summed E-state index contributed by atoms with van der Waals surface area (Å²) in [6.07, 6.45) is 8.54. The smallest absolute Gasteiger partial charge is 0.242 e. The van der Waals surface area contributed by atoms with E-state index in [1.165, 1.54) is 25.7 Å². The molecule has 1 aliphatic rings. The number of methoxy groups -OCH3 is 1. The maximum atomic E-state index is 13.0. The van der Waals surface area contributed by atoms with Gasteiger partial charge in [0, 0.05) is 45.1 Å². The lowest BCUT2D eigenvalue weighted by Crippen LogP contribution is -2.46. The molecule has 1 fully saturated rings. The average Bonchev–Trinajstić information content (AvgIpc) is 3.32. The van der Waals surface area contributed by atoms with Gasteiger partial charge in [0.1, 0.15) is 0 Å². The Kier molecular flexibility index (Phi) is 9.03. The summed E-state index contributed by atoms with van der Waals surface area (Å²) in [5.74, 6) is 0.756. The number of ether oxygens (including phenoxy) is 1. The molecule has 0 atom stereocenters. The monoisotopic (exact) mass is 391 g/mol. The van der Waals surface area contributed by atoms with Crippen LogP contribution in [0.25, 0.3) is 0 Å². The van der Waals surface area contributed by atoms with E-state index in [9.17, 15) is 9.59 Å². The molecule has 1 aromatic heterocycles. The lowest BCUT2D eigenvalue weighted by Gasteiger charge is -2.30. The number of aromatic nitrogens is 1. The van der Waals surface area contributed by atoms with Crippen molar-refractivity contribution in [3.05, 3.63) is 24.0 Å². The molecule has 0 aliphatic heterocycles. The summed E-state index contributed by atoms with van der Waals surface area (Å²) in [5, 5.41) is 0. The van der Waals surface area contributed by atoms with Gasteiger partial charge in [-0.05, 0) is 38.3 Å². The number of carbonyl (C=O) groups excluding carboxylic acids is 2. The van der Waals surface area contributed by atoms with Gasteiger partial charge in [-0.1, -0.05) is 25.7 Å². The van der Waals surface area contributed by atoms with Crippen LogP contribution in [-0.2, 0) is 27.9 Å². The first kappa shape index (κ1) is 22.5.